The molecule has 0 atom stereocenters. The molecule has 0 saturated heterocycles. The summed E-state index contributed by atoms with van der Waals surface area (Å²) < 4.78 is 0. The fourth-order valence-corrected chi connectivity index (χ4v) is 1.32. The molecular weight excluding hydrogens is 288 g/mol. The summed E-state index contributed by atoms with van der Waals surface area (Å²) in [6.07, 6.45) is 2.96. The molecule has 0 aromatic carbocycles. The van der Waals surface area contributed by atoms with Crippen molar-refractivity contribution in [3.63, 3.8) is 0 Å². The number of nitrogens with one attached hydrogen (secondary N) is 1. The number of nitrogens with zero attached hydrogens (tertiary/aromatic N) is 4. The molecule has 2 heterocycles. The normalized spacial score (nSPS) is 8.76. The van der Waals surface area contributed by atoms with Crippen molar-refractivity contribution in [1.29, 1.82) is 10.5 Å². The molecule has 21 heavy (non-hydrogen) atoms. The molecule has 6 nitrogen and oxygen atoms in total. The van der Waals surface area contributed by atoms with E-state index < -0.39 is 0 Å². The SMILES string of the molecule is N#Cc1ccc(Cl)nc1.N#Cc1ccc(NCCN)nc1. The largest absolute Gasteiger partial charge is 0.369 e. The first kappa shape index (κ1) is 16.4. The molecule has 0 aliphatic carbocycles. The summed E-state index contributed by atoms with van der Waals surface area (Å²) in [7, 11) is 0. The van der Waals surface area contributed by atoms with E-state index in [2.05, 4.69) is 15.3 Å². The van der Waals surface area contributed by atoms with Gasteiger partial charge in [-0.05, 0) is 24.3 Å². The number of aromatic nitrogens is 2. The van der Waals surface area contributed by atoms with Gasteiger partial charge in [0.15, 0.2) is 0 Å². The summed E-state index contributed by atoms with van der Waals surface area (Å²) in [5.41, 5.74) is 6.38. The number of nitrogens with two attached hydrogens (primary N) is 1. The highest BCUT2D eigenvalue weighted by molar-refractivity contribution is 6.29. The highest BCUT2D eigenvalue weighted by Crippen LogP contribution is 2.03. The lowest BCUT2D eigenvalue weighted by Gasteiger charge is -2.01. The molecule has 2 aromatic rings. The lowest BCUT2D eigenvalue weighted by Crippen LogP contribution is -2.13. The van der Waals surface area contributed by atoms with Gasteiger partial charge in [-0.15, -0.1) is 0 Å². The molecular formula is C14H13ClN6. The molecule has 0 aliphatic rings. The van der Waals surface area contributed by atoms with Crippen LogP contribution in [0.1, 0.15) is 11.1 Å². The molecule has 0 radical (unpaired) electrons. The molecule has 0 fully saturated rings. The van der Waals surface area contributed by atoms with Crippen LogP contribution in [0.2, 0.25) is 5.15 Å². The second kappa shape index (κ2) is 9.27. The van der Waals surface area contributed by atoms with E-state index in [4.69, 9.17) is 27.9 Å². The summed E-state index contributed by atoms with van der Waals surface area (Å²) in [4.78, 5) is 7.69. The monoisotopic (exact) mass is 300 g/mol. The highest BCUT2D eigenvalue weighted by Gasteiger charge is 1.92. The number of hydrogen-bond donors (Lipinski definition) is 2. The first-order valence-electron chi connectivity index (χ1n) is 6.01. The van der Waals surface area contributed by atoms with E-state index in [1.807, 2.05) is 12.1 Å². The number of pyridine rings is 2. The van der Waals surface area contributed by atoms with E-state index in [1.54, 1.807) is 24.3 Å². The molecule has 0 saturated carbocycles. The Hall–Kier alpha value is -2.67. The van der Waals surface area contributed by atoms with Gasteiger partial charge in [-0.2, -0.15) is 10.5 Å². The van der Waals surface area contributed by atoms with Gasteiger partial charge >= 0.3 is 0 Å². The first-order valence-corrected chi connectivity index (χ1v) is 6.39. The Labute approximate surface area is 127 Å². The van der Waals surface area contributed by atoms with Crippen LogP contribution in [0.25, 0.3) is 0 Å². The van der Waals surface area contributed by atoms with E-state index in [0.717, 1.165) is 5.82 Å². The van der Waals surface area contributed by atoms with E-state index in [1.165, 1.54) is 12.4 Å². The van der Waals surface area contributed by atoms with E-state index in [-0.39, 0.29) is 0 Å². The minimum atomic E-state index is 0.411. The van der Waals surface area contributed by atoms with Crippen molar-refractivity contribution in [3.05, 3.63) is 52.9 Å². The zero-order valence-electron chi connectivity index (χ0n) is 11.1. The molecule has 0 amide bonds. The van der Waals surface area contributed by atoms with E-state index in [0.29, 0.717) is 29.4 Å². The average molecular weight is 301 g/mol. The van der Waals surface area contributed by atoms with Gasteiger partial charge in [-0.3, -0.25) is 0 Å². The molecule has 2 rings (SSSR count). The van der Waals surface area contributed by atoms with Crippen LogP contribution in [-0.4, -0.2) is 23.1 Å². The van der Waals surface area contributed by atoms with Gasteiger partial charge in [0.1, 0.15) is 23.1 Å². The van der Waals surface area contributed by atoms with Gasteiger partial charge in [-0.25, -0.2) is 9.97 Å². The molecule has 0 unspecified atom stereocenters. The van der Waals surface area contributed by atoms with E-state index in [9.17, 15) is 0 Å². The fourth-order valence-electron chi connectivity index (χ4n) is 1.21. The third-order valence-corrected chi connectivity index (χ3v) is 2.42. The van der Waals surface area contributed by atoms with Crippen LogP contribution in [0.3, 0.4) is 0 Å². The number of nitriles is 2. The Morgan fingerprint density at radius 3 is 2.10 bits per heavy atom. The third kappa shape index (κ3) is 6.35. The van der Waals surface area contributed by atoms with Gasteiger partial charge in [0.05, 0.1) is 11.1 Å². The predicted octanol–water partition coefficient (Wildman–Crippen LogP) is 1.93. The van der Waals surface area contributed by atoms with Gasteiger partial charge < -0.3 is 11.1 Å². The summed E-state index contributed by atoms with van der Waals surface area (Å²) in [5.74, 6) is 0.749. The predicted molar refractivity (Wildman–Crippen MR) is 80.5 cm³/mol. The van der Waals surface area contributed by atoms with Crippen molar-refractivity contribution in [2.75, 3.05) is 18.4 Å². The lowest BCUT2D eigenvalue weighted by atomic mass is 10.3. The minimum Gasteiger partial charge on any atom is -0.369 e. The second-order valence-corrected chi connectivity index (χ2v) is 4.13. The maximum atomic E-state index is 8.47. The van der Waals surface area contributed by atoms with Crippen molar-refractivity contribution in [1.82, 2.24) is 9.97 Å². The molecule has 0 spiro atoms. The molecule has 106 valence electrons. The van der Waals surface area contributed by atoms with Crippen LogP contribution in [-0.2, 0) is 0 Å². The van der Waals surface area contributed by atoms with Crippen molar-refractivity contribution in [3.8, 4) is 12.1 Å². The van der Waals surface area contributed by atoms with E-state index >= 15 is 0 Å². The fraction of sp³-hybridized carbons (Fsp3) is 0.143. The van der Waals surface area contributed by atoms with Gasteiger partial charge in [0, 0.05) is 25.5 Å². The second-order valence-electron chi connectivity index (χ2n) is 3.74. The molecule has 2 aromatic heterocycles. The number of rotatable bonds is 3. The maximum Gasteiger partial charge on any atom is 0.129 e. The topological polar surface area (TPSA) is 111 Å². The Bertz CT molecular complexity index is 624. The third-order valence-electron chi connectivity index (χ3n) is 2.20. The lowest BCUT2D eigenvalue weighted by molar-refractivity contribution is 1.01. The van der Waals surface area contributed by atoms with Crippen molar-refractivity contribution >= 4 is 17.4 Å². The average Bonchev–Trinajstić information content (AvgIpc) is 2.55. The Kier molecular flexibility index (Phi) is 7.23. The van der Waals surface area contributed by atoms with Crippen molar-refractivity contribution in [2.45, 2.75) is 0 Å². The van der Waals surface area contributed by atoms with Gasteiger partial charge in [0.2, 0.25) is 0 Å². The van der Waals surface area contributed by atoms with Crippen molar-refractivity contribution in [2.24, 2.45) is 5.73 Å². The van der Waals surface area contributed by atoms with Crippen LogP contribution in [0.15, 0.2) is 36.7 Å². The van der Waals surface area contributed by atoms with Crippen LogP contribution in [0.5, 0.6) is 0 Å². The number of hydrogen-bond acceptors (Lipinski definition) is 6. The summed E-state index contributed by atoms with van der Waals surface area (Å²) in [6, 6.07) is 10.6. The molecule has 3 N–H and O–H groups in total. The molecule has 0 aliphatic heterocycles. The molecule has 0 bridgehead atoms. The zero-order valence-corrected chi connectivity index (χ0v) is 11.9. The Morgan fingerprint density at radius 1 is 1.05 bits per heavy atom. The van der Waals surface area contributed by atoms with Gasteiger partial charge in [0.25, 0.3) is 0 Å². The van der Waals surface area contributed by atoms with Crippen LogP contribution < -0.4 is 11.1 Å². The summed E-state index contributed by atoms with van der Waals surface area (Å²) in [5, 5.41) is 20.2. The Morgan fingerprint density at radius 2 is 1.67 bits per heavy atom. The zero-order chi connectivity index (χ0) is 15.5. The molecule has 7 heteroatoms. The van der Waals surface area contributed by atoms with Crippen molar-refractivity contribution < 1.29 is 0 Å². The quantitative estimate of drug-likeness (QED) is 0.838. The van der Waals surface area contributed by atoms with Crippen LogP contribution >= 0.6 is 11.6 Å². The minimum absolute atomic E-state index is 0.411. The maximum absolute atomic E-state index is 8.47. The standard InChI is InChI=1S/C8H10N4.C6H3ClN2/c9-3-4-11-8-2-1-7(5-10)6-12-8;7-6-2-1-5(3-8)4-9-6/h1-2,6H,3-4,9H2,(H,11,12);1-2,4H. The van der Waals surface area contributed by atoms with Crippen LogP contribution in [0.4, 0.5) is 5.82 Å². The summed E-state index contributed by atoms with van der Waals surface area (Å²) in [6.45, 7) is 1.26. The Balaban J connectivity index is 0.000000219. The highest BCUT2D eigenvalue weighted by atomic mass is 35.5. The summed E-state index contributed by atoms with van der Waals surface area (Å²) >= 11 is 5.45. The van der Waals surface area contributed by atoms with Crippen LogP contribution in [0, 0.1) is 22.7 Å². The smallest absolute Gasteiger partial charge is 0.129 e. The number of halogens is 1. The number of anilines is 1. The first-order chi connectivity index (χ1) is 10.2. The van der Waals surface area contributed by atoms with Gasteiger partial charge in [-0.1, -0.05) is 11.6 Å².